The Morgan fingerprint density at radius 2 is 1.03 bits per heavy atom. The van der Waals surface area contributed by atoms with Gasteiger partial charge in [-0.05, 0) is 6.07 Å². The molecule has 0 bridgehead atoms. The number of fused-ring (bicyclic) bond motifs is 1. The maximum atomic E-state index is 13.0. The van der Waals surface area contributed by atoms with Crippen molar-refractivity contribution in [3.8, 4) is 11.5 Å². The number of hydrogen-bond acceptors (Lipinski definition) is 13. The maximum Gasteiger partial charge on any atom is 0.318 e. The van der Waals surface area contributed by atoms with Crippen molar-refractivity contribution in [3.05, 3.63) is 106 Å². The van der Waals surface area contributed by atoms with Crippen LogP contribution in [0.5, 0.6) is 11.5 Å². The molecule has 17 nitrogen and oxygen atoms in total. The van der Waals surface area contributed by atoms with Gasteiger partial charge in [-0.2, -0.15) is 8.42 Å². The molecule has 0 radical (unpaired) electrons. The summed E-state index contributed by atoms with van der Waals surface area (Å²) < 4.78 is 31.3. The minimum Gasteiger partial charge on any atom is -0.497 e. The third-order valence-electron chi connectivity index (χ3n) is 5.51. The van der Waals surface area contributed by atoms with Gasteiger partial charge in [0.1, 0.15) is 4.90 Å². The molecule has 0 aliphatic carbocycles. The number of phenolic OH excluding ortho intramolecular Hbond substituents is 2. The molecule has 2 N–H and O–H groups in total. The van der Waals surface area contributed by atoms with Gasteiger partial charge in [0.25, 0.3) is 21.6 Å². The SMILES string of the molecule is O=[N+]([O-])c1cc(C2(c3cc([N+](=O)[O-])c(O)c([N+](=O)[O-])c3)OS(=O)(=O)c3ccccc32)cc([N+](=O)[O-])c1O. The van der Waals surface area contributed by atoms with Crippen LogP contribution in [0.2, 0.25) is 0 Å². The third kappa shape index (κ3) is 3.63. The molecule has 0 atom stereocenters. The minimum atomic E-state index is -4.77. The van der Waals surface area contributed by atoms with Crippen LogP contribution in [0.1, 0.15) is 16.7 Å². The van der Waals surface area contributed by atoms with Gasteiger partial charge in [-0.15, -0.1) is 0 Å². The number of rotatable bonds is 6. The summed E-state index contributed by atoms with van der Waals surface area (Å²) in [5, 5.41) is 66.4. The number of hydrogen-bond donors (Lipinski definition) is 2. The van der Waals surface area contributed by atoms with Crippen LogP contribution in [0.15, 0.2) is 53.4 Å². The number of nitro groups is 4. The highest BCUT2D eigenvalue weighted by atomic mass is 32.2. The van der Waals surface area contributed by atoms with Crippen molar-refractivity contribution in [1.29, 1.82) is 0 Å². The molecule has 0 unspecified atom stereocenters. The lowest BCUT2D eigenvalue weighted by atomic mass is 9.79. The van der Waals surface area contributed by atoms with Crippen LogP contribution in [-0.2, 0) is 19.9 Å². The lowest BCUT2D eigenvalue weighted by molar-refractivity contribution is -0.396. The Morgan fingerprint density at radius 3 is 1.38 bits per heavy atom. The highest BCUT2D eigenvalue weighted by Crippen LogP contribution is 2.54. The van der Waals surface area contributed by atoms with Crippen LogP contribution in [0.25, 0.3) is 0 Å². The molecule has 190 valence electrons. The summed E-state index contributed by atoms with van der Waals surface area (Å²) in [7, 11) is -4.77. The predicted molar refractivity (Wildman–Crippen MR) is 117 cm³/mol. The molecule has 37 heavy (non-hydrogen) atoms. The fourth-order valence-corrected chi connectivity index (χ4v) is 5.40. The standard InChI is InChI=1S/C19H10N4O13S/c24-17-12(20(26)27)5-9(6-13(17)21(28)29)19(11-3-1-2-4-16(11)37(34,35)36-19)10-7-14(22(30)31)18(25)15(8-10)23(32)33/h1-8,24-25H. The maximum absolute atomic E-state index is 13.0. The Hall–Kier alpha value is -5.23. The van der Waals surface area contributed by atoms with Crippen molar-refractivity contribution in [2.24, 2.45) is 0 Å². The van der Waals surface area contributed by atoms with Crippen LogP contribution in [0.3, 0.4) is 0 Å². The second kappa shape index (κ2) is 8.17. The fourth-order valence-electron chi connectivity index (χ4n) is 3.98. The summed E-state index contributed by atoms with van der Waals surface area (Å²) in [6.07, 6.45) is 0. The number of aromatic hydroxyl groups is 2. The molecule has 0 saturated carbocycles. The summed E-state index contributed by atoms with van der Waals surface area (Å²) in [6.45, 7) is 0. The Bertz CT molecular complexity index is 1520. The van der Waals surface area contributed by atoms with Gasteiger partial charge in [0.05, 0.1) is 19.7 Å². The zero-order valence-electron chi connectivity index (χ0n) is 17.7. The van der Waals surface area contributed by atoms with Crippen molar-refractivity contribution in [1.82, 2.24) is 0 Å². The zero-order chi connectivity index (χ0) is 27.4. The summed E-state index contributed by atoms with van der Waals surface area (Å²) in [4.78, 5) is 40.8. The zero-order valence-corrected chi connectivity index (χ0v) is 18.5. The first kappa shape index (κ1) is 24.9. The van der Waals surface area contributed by atoms with Gasteiger partial charge in [0.2, 0.25) is 0 Å². The van der Waals surface area contributed by atoms with E-state index in [1.165, 1.54) is 12.1 Å². The number of phenols is 2. The molecule has 4 rings (SSSR count). The first-order valence-electron chi connectivity index (χ1n) is 9.60. The molecule has 0 saturated heterocycles. The molecule has 0 fully saturated rings. The van der Waals surface area contributed by atoms with Crippen LogP contribution in [0.4, 0.5) is 22.7 Å². The molecule has 18 heteroatoms. The predicted octanol–water partition coefficient (Wildman–Crippen LogP) is 2.74. The van der Waals surface area contributed by atoms with Gasteiger partial charge in [-0.1, -0.05) is 18.2 Å². The van der Waals surface area contributed by atoms with Crippen LogP contribution in [0, 0.1) is 40.5 Å². The van der Waals surface area contributed by atoms with Gasteiger partial charge in [0, 0.05) is 41.0 Å². The molecule has 3 aromatic carbocycles. The van der Waals surface area contributed by atoms with Crippen molar-refractivity contribution in [2.45, 2.75) is 10.5 Å². The van der Waals surface area contributed by atoms with E-state index in [0.717, 1.165) is 12.1 Å². The number of benzene rings is 3. The van der Waals surface area contributed by atoms with Crippen LogP contribution in [-0.4, -0.2) is 38.3 Å². The van der Waals surface area contributed by atoms with Crippen LogP contribution >= 0.6 is 0 Å². The topological polar surface area (TPSA) is 256 Å². The van der Waals surface area contributed by atoms with E-state index in [2.05, 4.69) is 0 Å². The normalized spacial score (nSPS) is 15.0. The molecular weight excluding hydrogens is 524 g/mol. The minimum absolute atomic E-state index is 0.362. The van der Waals surface area contributed by atoms with E-state index >= 15 is 0 Å². The molecule has 0 amide bonds. The van der Waals surface area contributed by atoms with E-state index < -0.39 is 85.7 Å². The lowest BCUT2D eigenvalue weighted by Gasteiger charge is -2.28. The lowest BCUT2D eigenvalue weighted by Crippen LogP contribution is -2.30. The average molecular weight is 534 g/mol. The summed E-state index contributed by atoms with van der Waals surface area (Å²) >= 11 is 0. The van der Waals surface area contributed by atoms with Crippen molar-refractivity contribution >= 4 is 32.9 Å². The second-order valence-electron chi connectivity index (χ2n) is 7.47. The Balaban J connectivity index is 2.26. The molecule has 1 heterocycles. The second-order valence-corrected chi connectivity index (χ2v) is 8.98. The summed E-state index contributed by atoms with van der Waals surface area (Å²) in [5.41, 5.74) is -9.44. The molecule has 0 aromatic heterocycles. The van der Waals surface area contributed by atoms with Crippen molar-refractivity contribution in [2.75, 3.05) is 0 Å². The molecule has 1 aliphatic heterocycles. The quantitative estimate of drug-likeness (QED) is 0.262. The van der Waals surface area contributed by atoms with Gasteiger partial charge >= 0.3 is 22.7 Å². The summed E-state index contributed by atoms with van der Waals surface area (Å²) in [5.74, 6) is -2.77. The Kier molecular flexibility index (Phi) is 5.49. The largest absolute Gasteiger partial charge is 0.497 e. The van der Waals surface area contributed by atoms with Gasteiger partial charge in [-0.25, -0.2) is 4.18 Å². The van der Waals surface area contributed by atoms with Crippen molar-refractivity contribution < 1.29 is 42.5 Å². The monoisotopic (exact) mass is 534 g/mol. The van der Waals surface area contributed by atoms with E-state index in [1.807, 2.05) is 0 Å². The smallest absolute Gasteiger partial charge is 0.318 e. The first-order chi connectivity index (χ1) is 17.2. The van der Waals surface area contributed by atoms with Crippen LogP contribution < -0.4 is 0 Å². The van der Waals surface area contributed by atoms with E-state index in [0.29, 0.717) is 24.3 Å². The number of nitro benzene ring substituents is 4. The Labute approximate surface area is 203 Å². The van der Waals surface area contributed by atoms with E-state index in [4.69, 9.17) is 4.18 Å². The van der Waals surface area contributed by atoms with E-state index in [9.17, 15) is 59.1 Å². The highest BCUT2D eigenvalue weighted by Gasteiger charge is 2.54. The van der Waals surface area contributed by atoms with E-state index in [-0.39, 0.29) is 5.56 Å². The molecular formula is C19H10N4O13S. The van der Waals surface area contributed by atoms with Crippen molar-refractivity contribution in [3.63, 3.8) is 0 Å². The Morgan fingerprint density at radius 1 is 0.676 bits per heavy atom. The summed E-state index contributed by atoms with van der Waals surface area (Å²) in [6, 6.07) is 6.83. The molecule has 3 aromatic rings. The highest BCUT2D eigenvalue weighted by molar-refractivity contribution is 7.87. The third-order valence-corrected chi connectivity index (χ3v) is 6.87. The van der Waals surface area contributed by atoms with Gasteiger partial charge in [0.15, 0.2) is 5.60 Å². The van der Waals surface area contributed by atoms with Gasteiger partial charge < -0.3 is 10.2 Å². The molecule has 1 aliphatic rings. The molecule has 0 spiro atoms. The van der Waals surface area contributed by atoms with Gasteiger partial charge in [-0.3, -0.25) is 40.5 Å². The fraction of sp³-hybridized carbons (Fsp3) is 0.0526. The average Bonchev–Trinajstić information content (AvgIpc) is 3.06. The first-order valence-corrected chi connectivity index (χ1v) is 11.0. The number of nitrogens with zero attached hydrogens (tertiary/aromatic N) is 4. The van der Waals surface area contributed by atoms with E-state index in [1.54, 1.807) is 0 Å².